The highest BCUT2D eigenvalue weighted by Crippen LogP contribution is 2.31. The fourth-order valence-electron chi connectivity index (χ4n) is 1.77. The van der Waals surface area contributed by atoms with E-state index in [1.807, 2.05) is 0 Å². The van der Waals surface area contributed by atoms with Gasteiger partial charge in [-0.05, 0) is 6.92 Å². The lowest BCUT2D eigenvalue weighted by atomic mass is 10.1. The first kappa shape index (κ1) is 7.53. The van der Waals surface area contributed by atoms with Crippen LogP contribution in [0.5, 0.6) is 0 Å². The second kappa shape index (κ2) is 2.73. The van der Waals surface area contributed by atoms with Gasteiger partial charge in [-0.1, -0.05) is 0 Å². The standard InChI is InChI=1S/C8H15NO2/c1-7-6-10-8(11-7)2-4-9-5-3-8/h7,9H,2-6H2,1H3. The fourth-order valence-corrected chi connectivity index (χ4v) is 1.77. The van der Waals surface area contributed by atoms with Crippen LogP contribution in [0.2, 0.25) is 0 Å². The molecule has 2 aliphatic rings. The largest absolute Gasteiger partial charge is 0.347 e. The zero-order valence-corrected chi connectivity index (χ0v) is 6.93. The second-order valence-electron chi connectivity index (χ2n) is 3.40. The molecule has 0 saturated carbocycles. The highest BCUT2D eigenvalue weighted by molar-refractivity contribution is 4.82. The first-order chi connectivity index (χ1) is 5.31. The lowest BCUT2D eigenvalue weighted by Crippen LogP contribution is -2.42. The van der Waals surface area contributed by atoms with Crippen LogP contribution in [0.4, 0.5) is 0 Å². The highest BCUT2D eigenvalue weighted by atomic mass is 16.7. The summed E-state index contributed by atoms with van der Waals surface area (Å²) in [6.45, 7) is 4.87. The van der Waals surface area contributed by atoms with Gasteiger partial charge in [0.15, 0.2) is 5.79 Å². The topological polar surface area (TPSA) is 30.5 Å². The lowest BCUT2D eigenvalue weighted by molar-refractivity contribution is -0.181. The van der Waals surface area contributed by atoms with Crippen LogP contribution in [0, 0.1) is 0 Å². The van der Waals surface area contributed by atoms with E-state index in [0.717, 1.165) is 32.5 Å². The van der Waals surface area contributed by atoms with Crippen molar-refractivity contribution in [3.05, 3.63) is 0 Å². The van der Waals surface area contributed by atoms with Crippen LogP contribution in [0.1, 0.15) is 19.8 Å². The molecule has 0 amide bonds. The minimum absolute atomic E-state index is 0.218. The van der Waals surface area contributed by atoms with Crippen molar-refractivity contribution in [2.24, 2.45) is 0 Å². The predicted octanol–water partition coefficient (Wildman–Crippen LogP) is 0.501. The van der Waals surface area contributed by atoms with Gasteiger partial charge in [-0.25, -0.2) is 0 Å². The van der Waals surface area contributed by atoms with Gasteiger partial charge in [-0.2, -0.15) is 0 Å². The van der Waals surface area contributed by atoms with Crippen molar-refractivity contribution < 1.29 is 9.47 Å². The summed E-state index contributed by atoms with van der Waals surface area (Å²) in [4.78, 5) is 0. The molecule has 64 valence electrons. The van der Waals surface area contributed by atoms with E-state index in [-0.39, 0.29) is 11.9 Å². The Morgan fingerprint density at radius 2 is 2.09 bits per heavy atom. The molecule has 0 aliphatic carbocycles. The molecule has 0 aromatic rings. The molecule has 1 unspecified atom stereocenters. The maximum Gasteiger partial charge on any atom is 0.171 e. The molecule has 1 spiro atoms. The average molecular weight is 157 g/mol. The molecule has 0 aromatic carbocycles. The van der Waals surface area contributed by atoms with E-state index in [1.165, 1.54) is 0 Å². The molecule has 3 heteroatoms. The zero-order chi connectivity index (χ0) is 7.73. The van der Waals surface area contributed by atoms with Crippen molar-refractivity contribution in [2.45, 2.75) is 31.7 Å². The van der Waals surface area contributed by atoms with E-state index in [4.69, 9.17) is 9.47 Å². The summed E-state index contributed by atoms with van der Waals surface area (Å²) < 4.78 is 11.4. The van der Waals surface area contributed by atoms with Crippen LogP contribution >= 0.6 is 0 Å². The van der Waals surface area contributed by atoms with Crippen molar-refractivity contribution in [3.8, 4) is 0 Å². The Morgan fingerprint density at radius 3 is 2.64 bits per heavy atom. The van der Waals surface area contributed by atoms with Crippen molar-refractivity contribution in [1.29, 1.82) is 0 Å². The Balaban J connectivity index is 1.98. The number of hydrogen-bond donors (Lipinski definition) is 1. The average Bonchev–Trinajstić information content (AvgIpc) is 2.34. The van der Waals surface area contributed by atoms with E-state index in [2.05, 4.69) is 12.2 Å². The van der Waals surface area contributed by atoms with Crippen molar-refractivity contribution in [1.82, 2.24) is 5.32 Å². The van der Waals surface area contributed by atoms with E-state index in [0.29, 0.717) is 0 Å². The molecule has 2 heterocycles. The van der Waals surface area contributed by atoms with Gasteiger partial charge >= 0.3 is 0 Å². The molecular weight excluding hydrogens is 142 g/mol. The second-order valence-corrected chi connectivity index (χ2v) is 3.40. The number of nitrogens with one attached hydrogen (secondary N) is 1. The Kier molecular flexibility index (Phi) is 1.87. The first-order valence-corrected chi connectivity index (χ1v) is 4.33. The van der Waals surface area contributed by atoms with Gasteiger partial charge in [-0.15, -0.1) is 0 Å². The van der Waals surface area contributed by atoms with Crippen molar-refractivity contribution >= 4 is 0 Å². The maximum absolute atomic E-state index is 5.73. The summed E-state index contributed by atoms with van der Waals surface area (Å²) in [5.41, 5.74) is 0. The third-order valence-electron chi connectivity index (χ3n) is 2.36. The molecular formula is C8H15NO2. The van der Waals surface area contributed by atoms with Crippen LogP contribution in [-0.2, 0) is 9.47 Å². The molecule has 1 atom stereocenters. The number of ether oxygens (including phenoxy) is 2. The molecule has 1 N–H and O–H groups in total. The van der Waals surface area contributed by atoms with Crippen molar-refractivity contribution in [3.63, 3.8) is 0 Å². The minimum Gasteiger partial charge on any atom is -0.347 e. The summed E-state index contributed by atoms with van der Waals surface area (Å²) in [5, 5.41) is 3.29. The zero-order valence-electron chi connectivity index (χ0n) is 6.93. The van der Waals surface area contributed by atoms with E-state index in [1.54, 1.807) is 0 Å². The van der Waals surface area contributed by atoms with Crippen LogP contribution in [0.15, 0.2) is 0 Å². The summed E-state index contributed by atoms with van der Waals surface area (Å²) in [6.07, 6.45) is 2.28. The summed E-state index contributed by atoms with van der Waals surface area (Å²) in [7, 11) is 0. The van der Waals surface area contributed by atoms with Gasteiger partial charge in [0.1, 0.15) is 0 Å². The molecule has 2 fully saturated rings. The highest BCUT2D eigenvalue weighted by Gasteiger charge is 2.40. The normalized spacial score (nSPS) is 36.3. The Morgan fingerprint density at radius 1 is 1.36 bits per heavy atom. The smallest absolute Gasteiger partial charge is 0.171 e. The summed E-state index contributed by atoms with van der Waals surface area (Å²) >= 11 is 0. The monoisotopic (exact) mass is 157 g/mol. The van der Waals surface area contributed by atoms with Crippen LogP contribution < -0.4 is 5.32 Å². The third kappa shape index (κ3) is 1.41. The number of piperidine rings is 1. The minimum atomic E-state index is -0.218. The van der Waals surface area contributed by atoms with E-state index < -0.39 is 0 Å². The summed E-state index contributed by atoms with van der Waals surface area (Å²) in [5.74, 6) is -0.218. The van der Waals surface area contributed by atoms with Crippen molar-refractivity contribution in [2.75, 3.05) is 19.7 Å². The molecule has 2 rings (SSSR count). The van der Waals surface area contributed by atoms with E-state index >= 15 is 0 Å². The molecule has 2 saturated heterocycles. The molecule has 0 bridgehead atoms. The van der Waals surface area contributed by atoms with Gasteiger partial charge < -0.3 is 14.8 Å². The maximum atomic E-state index is 5.73. The van der Waals surface area contributed by atoms with Crippen LogP contribution in [0.3, 0.4) is 0 Å². The Bertz CT molecular complexity index is 138. The Labute approximate surface area is 67.1 Å². The Hall–Kier alpha value is -0.120. The predicted molar refractivity (Wildman–Crippen MR) is 41.3 cm³/mol. The van der Waals surface area contributed by atoms with Crippen LogP contribution in [0.25, 0.3) is 0 Å². The van der Waals surface area contributed by atoms with Gasteiger partial charge in [0.25, 0.3) is 0 Å². The van der Waals surface area contributed by atoms with Gasteiger partial charge in [0.2, 0.25) is 0 Å². The molecule has 0 radical (unpaired) electrons. The van der Waals surface area contributed by atoms with Gasteiger partial charge in [0, 0.05) is 25.9 Å². The fraction of sp³-hybridized carbons (Fsp3) is 1.00. The number of hydrogen-bond acceptors (Lipinski definition) is 3. The van der Waals surface area contributed by atoms with E-state index in [9.17, 15) is 0 Å². The SMILES string of the molecule is CC1COC2(CCNCC2)O1. The molecule has 2 aliphatic heterocycles. The number of rotatable bonds is 0. The quantitative estimate of drug-likeness (QED) is 0.555. The molecule has 3 nitrogen and oxygen atoms in total. The third-order valence-corrected chi connectivity index (χ3v) is 2.36. The molecule has 11 heavy (non-hydrogen) atoms. The summed E-state index contributed by atoms with van der Waals surface area (Å²) in [6, 6.07) is 0. The first-order valence-electron chi connectivity index (χ1n) is 4.33. The lowest BCUT2D eigenvalue weighted by Gasteiger charge is -2.31. The van der Waals surface area contributed by atoms with Crippen LogP contribution in [-0.4, -0.2) is 31.6 Å². The van der Waals surface area contributed by atoms with Gasteiger partial charge in [0.05, 0.1) is 12.7 Å². The molecule has 0 aromatic heterocycles. The van der Waals surface area contributed by atoms with Gasteiger partial charge in [-0.3, -0.25) is 0 Å².